The van der Waals surface area contributed by atoms with Crippen LogP contribution in [0.15, 0.2) is 76.1 Å². The van der Waals surface area contributed by atoms with Crippen LogP contribution in [0.5, 0.6) is 0 Å². The number of hydroxylamine groups is 1. The summed E-state index contributed by atoms with van der Waals surface area (Å²) in [5.74, 6) is -1.06. The topological polar surface area (TPSA) is 105 Å². The van der Waals surface area contributed by atoms with Crippen molar-refractivity contribution >= 4 is 60.7 Å². The Hall–Kier alpha value is -2.92. The van der Waals surface area contributed by atoms with Crippen LogP contribution in [0.3, 0.4) is 0 Å². The van der Waals surface area contributed by atoms with Crippen LogP contribution in [0.1, 0.15) is 20.7 Å². The summed E-state index contributed by atoms with van der Waals surface area (Å²) in [6, 6.07) is 16.6. The van der Waals surface area contributed by atoms with Crippen molar-refractivity contribution in [3.8, 4) is 0 Å². The molecule has 0 fully saturated rings. The first-order valence-electron chi connectivity index (χ1n) is 9.42. The zero-order chi connectivity index (χ0) is 24.2. The smallest absolute Gasteiger partial charge is 0.276 e. The Morgan fingerprint density at radius 1 is 0.970 bits per heavy atom. The van der Waals surface area contributed by atoms with E-state index in [-0.39, 0.29) is 21.7 Å². The second kappa shape index (κ2) is 10.3. The lowest BCUT2D eigenvalue weighted by molar-refractivity contribution is 0.0538. The van der Waals surface area contributed by atoms with E-state index in [1.54, 1.807) is 36.4 Å². The van der Waals surface area contributed by atoms with Gasteiger partial charge in [-0.25, -0.2) is 13.9 Å². The number of hydrogen-bond acceptors (Lipinski definition) is 5. The third kappa shape index (κ3) is 5.72. The molecule has 3 aromatic carbocycles. The van der Waals surface area contributed by atoms with Gasteiger partial charge >= 0.3 is 0 Å². The second-order valence-corrected chi connectivity index (χ2v) is 10.1. The maximum Gasteiger partial charge on any atom is 0.276 e. The summed E-state index contributed by atoms with van der Waals surface area (Å²) in [5.41, 5.74) is 3.30. The number of amides is 2. The fourth-order valence-corrected chi connectivity index (χ4v) is 4.56. The number of nitrogens with zero attached hydrogens (tertiary/aromatic N) is 1. The highest BCUT2D eigenvalue weighted by atomic mass is 79.9. The van der Waals surface area contributed by atoms with E-state index >= 15 is 0 Å². The molecule has 0 aliphatic carbocycles. The number of carbonyl (C=O) groups excluding carboxylic acids is 2. The highest BCUT2D eigenvalue weighted by Crippen LogP contribution is 2.25. The molecule has 33 heavy (non-hydrogen) atoms. The number of anilines is 2. The van der Waals surface area contributed by atoms with Crippen molar-refractivity contribution in [3.63, 3.8) is 0 Å². The third-order valence-electron chi connectivity index (χ3n) is 4.63. The zero-order valence-corrected chi connectivity index (χ0v) is 20.7. The van der Waals surface area contributed by atoms with Gasteiger partial charge in [0, 0.05) is 22.1 Å². The number of halogens is 2. The van der Waals surface area contributed by atoms with E-state index in [1.807, 2.05) is 0 Å². The Morgan fingerprint density at radius 2 is 1.61 bits per heavy atom. The number of hydrogen-bond donors (Lipinski definition) is 2. The Balaban J connectivity index is 1.81. The van der Waals surface area contributed by atoms with E-state index in [1.165, 1.54) is 44.5 Å². The molecule has 0 unspecified atom stereocenters. The summed E-state index contributed by atoms with van der Waals surface area (Å²) in [6.45, 7) is 0. The summed E-state index contributed by atoms with van der Waals surface area (Å²) in [7, 11) is -1.12. The van der Waals surface area contributed by atoms with Crippen LogP contribution in [-0.4, -0.2) is 34.4 Å². The van der Waals surface area contributed by atoms with E-state index in [0.29, 0.717) is 15.2 Å². The molecular formula is C22H19BrClN3O5S. The zero-order valence-electron chi connectivity index (χ0n) is 17.5. The molecule has 2 N–H and O–H groups in total. The molecule has 0 atom stereocenters. The van der Waals surface area contributed by atoms with Crippen molar-refractivity contribution in [2.24, 2.45) is 0 Å². The van der Waals surface area contributed by atoms with Gasteiger partial charge in [0.1, 0.15) is 0 Å². The van der Waals surface area contributed by atoms with E-state index in [2.05, 4.69) is 31.6 Å². The van der Waals surface area contributed by atoms with Crippen molar-refractivity contribution in [3.05, 3.63) is 87.4 Å². The fraction of sp³-hybridized carbons (Fsp3) is 0.0909. The van der Waals surface area contributed by atoms with E-state index in [9.17, 15) is 18.0 Å². The van der Waals surface area contributed by atoms with Crippen LogP contribution < -0.4 is 15.1 Å². The minimum Gasteiger partial charge on any atom is -0.321 e. The first-order chi connectivity index (χ1) is 15.6. The Kier molecular flexibility index (Phi) is 7.75. The van der Waals surface area contributed by atoms with Crippen LogP contribution in [0, 0.1) is 0 Å². The first kappa shape index (κ1) is 24.7. The van der Waals surface area contributed by atoms with Crippen LogP contribution in [0.2, 0.25) is 5.02 Å². The first-order valence-corrected chi connectivity index (χ1v) is 12.0. The minimum atomic E-state index is -3.85. The fourth-order valence-electron chi connectivity index (χ4n) is 2.88. The second-order valence-electron chi connectivity index (χ2n) is 6.75. The molecule has 0 heterocycles. The van der Waals surface area contributed by atoms with Gasteiger partial charge in [-0.15, -0.1) is 0 Å². The molecule has 0 aromatic heterocycles. The molecule has 3 rings (SSSR count). The molecule has 172 valence electrons. The molecule has 0 saturated carbocycles. The average molecular weight is 553 g/mol. The van der Waals surface area contributed by atoms with Gasteiger partial charge in [0.2, 0.25) is 0 Å². The molecule has 3 aromatic rings. The highest BCUT2D eigenvalue weighted by Gasteiger charge is 2.22. The maximum absolute atomic E-state index is 12.9. The summed E-state index contributed by atoms with van der Waals surface area (Å²) in [5, 5.41) is 3.15. The molecular weight excluding hydrogens is 534 g/mol. The van der Waals surface area contributed by atoms with Gasteiger partial charge in [-0.2, -0.15) is 0 Å². The summed E-state index contributed by atoms with van der Waals surface area (Å²) < 4.78 is 27.6. The maximum atomic E-state index is 12.9. The van der Waals surface area contributed by atoms with Crippen LogP contribution in [0.25, 0.3) is 0 Å². The Labute approximate surface area is 204 Å². The quantitative estimate of drug-likeness (QED) is 0.421. The van der Waals surface area contributed by atoms with Gasteiger partial charge in [0.15, 0.2) is 0 Å². The van der Waals surface area contributed by atoms with Crippen molar-refractivity contribution in [1.82, 2.24) is 5.48 Å². The Morgan fingerprint density at radius 3 is 2.21 bits per heavy atom. The molecule has 8 nitrogen and oxygen atoms in total. The van der Waals surface area contributed by atoms with Crippen molar-refractivity contribution in [2.45, 2.75) is 4.90 Å². The lowest BCUT2D eigenvalue weighted by Gasteiger charge is -2.19. The number of carbonyl (C=O) groups is 2. The molecule has 0 spiro atoms. The van der Waals surface area contributed by atoms with Gasteiger partial charge in [-0.3, -0.25) is 18.7 Å². The molecule has 11 heteroatoms. The number of sulfonamides is 1. The molecule has 0 saturated heterocycles. The molecule has 0 radical (unpaired) electrons. The SMILES string of the molecule is CONC(=O)c1cc(Br)ccc1NC(=O)c1ccc(S(=O)(=O)N(C)c2ccc(Cl)cc2)cc1. The molecule has 0 bridgehead atoms. The number of nitrogens with one attached hydrogen (secondary N) is 2. The van der Waals surface area contributed by atoms with Crippen LogP contribution in [-0.2, 0) is 14.9 Å². The van der Waals surface area contributed by atoms with Crippen molar-refractivity contribution in [2.75, 3.05) is 23.8 Å². The van der Waals surface area contributed by atoms with E-state index < -0.39 is 21.8 Å². The standard InChI is InChI=1S/C22H19BrClN3O5S/c1-27(17-8-6-16(24)7-9-17)33(30,31)18-10-3-14(4-11-18)21(28)25-20-12-5-15(23)13-19(20)22(29)26-32-2/h3-13H,1-2H3,(H,25,28)(H,26,29). The van der Waals surface area contributed by atoms with Crippen LogP contribution >= 0.6 is 27.5 Å². The average Bonchev–Trinajstić information content (AvgIpc) is 2.80. The van der Waals surface area contributed by atoms with Crippen molar-refractivity contribution in [1.29, 1.82) is 0 Å². The predicted octanol–water partition coefficient (Wildman–Crippen LogP) is 4.47. The van der Waals surface area contributed by atoms with Crippen molar-refractivity contribution < 1.29 is 22.8 Å². The summed E-state index contributed by atoms with van der Waals surface area (Å²) in [4.78, 5) is 29.6. The van der Waals surface area contributed by atoms with Gasteiger partial charge in [-0.1, -0.05) is 27.5 Å². The monoisotopic (exact) mass is 551 g/mol. The highest BCUT2D eigenvalue weighted by molar-refractivity contribution is 9.10. The summed E-state index contributed by atoms with van der Waals surface area (Å²) in [6.07, 6.45) is 0. The van der Waals surface area contributed by atoms with Crippen LogP contribution in [0.4, 0.5) is 11.4 Å². The van der Waals surface area contributed by atoms with Gasteiger partial charge in [-0.05, 0) is 66.7 Å². The number of benzene rings is 3. The predicted molar refractivity (Wildman–Crippen MR) is 130 cm³/mol. The number of rotatable bonds is 7. The Bertz CT molecular complexity index is 1280. The lowest BCUT2D eigenvalue weighted by Crippen LogP contribution is -2.26. The third-order valence-corrected chi connectivity index (χ3v) is 7.18. The summed E-state index contributed by atoms with van der Waals surface area (Å²) >= 11 is 9.15. The minimum absolute atomic E-state index is 0.0142. The largest absolute Gasteiger partial charge is 0.321 e. The van der Waals surface area contributed by atoms with E-state index in [0.717, 1.165) is 4.31 Å². The molecule has 0 aliphatic heterocycles. The molecule has 0 aliphatic rings. The molecule has 2 amide bonds. The van der Waals surface area contributed by atoms with E-state index in [4.69, 9.17) is 11.6 Å². The van der Waals surface area contributed by atoms with Gasteiger partial charge < -0.3 is 5.32 Å². The van der Waals surface area contributed by atoms with Gasteiger partial charge in [0.25, 0.3) is 21.8 Å². The normalized spacial score (nSPS) is 11.0. The lowest BCUT2D eigenvalue weighted by atomic mass is 10.1. The van der Waals surface area contributed by atoms with Gasteiger partial charge in [0.05, 0.1) is 28.9 Å².